The lowest BCUT2D eigenvalue weighted by atomic mass is 10.2. The molecule has 4 heteroatoms. The van der Waals surface area contributed by atoms with Crippen molar-refractivity contribution < 1.29 is 9.18 Å². The number of benzene rings is 1. The van der Waals surface area contributed by atoms with Crippen molar-refractivity contribution in [2.24, 2.45) is 11.8 Å². The lowest BCUT2D eigenvalue weighted by Crippen LogP contribution is -2.24. The first-order chi connectivity index (χ1) is 7.56. The average Bonchev–Trinajstić information content (AvgIpc) is 2.90. The van der Waals surface area contributed by atoms with Crippen molar-refractivity contribution in [2.75, 3.05) is 0 Å². The van der Waals surface area contributed by atoms with Gasteiger partial charge in [-0.1, -0.05) is 22.9 Å². The Balaban J connectivity index is 1.91. The van der Waals surface area contributed by atoms with E-state index in [1.165, 1.54) is 12.1 Å². The Hall–Kier alpha value is -0.900. The molecule has 1 amide bonds. The van der Waals surface area contributed by atoms with E-state index in [1.54, 1.807) is 6.07 Å². The first-order valence-electron chi connectivity index (χ1n) is 5.29. The zero-order valence-corrected chi connectivity index (χ0v) is 10.6. The number of carbonyl (C=O) groups is 1. The summed E-state index contributed by atoms with van der Waals surface area (Å²) in [7, 11) is 0. The van der Waals surface area contributed by atoms with Crippen LogP contribution in [0.25, 0.3) is 0 Å². The molecule has 2 atom stereocenters. The van der Waals surface area contributed by atoms with Gasteiger partial charge in [-0.2, -0.15) is 0 Å². The summed E-state index contributed by atoms with van der Waals surface area (Å²) in [6, 6.07) is 4.63. The van der Waals surface area contributed by atoms with Crippen molar-refractivity contribution in [2.45, 2.75) is 19.9 Å². The first kappa shape index (κ1) is 11.6. The van der Waals surface area contributed by atoms with Gasteiger partial charge in [-0.3, -0.25) is 4.79 Å². The molecule has 1 aliphatic rings. The topological polar surface area (TPSA) is 29.1 Å². The van der Waals surface area contributed by atoms with E-state index < -0.39 is 0 Å². The zero-order chi connectivity index (χ0) is 11.7. The largest absolute Gasteiger partial charge is 0.352 e. The van der Waals surface area contributed by atoms with Gasteiger partial charge in [-0.15, -0.1) is 0 Å². The number of amides is 1. The van der Waals surface area contributed by atoms with Gasteiger partial charge in [0.2, 0.25) is 5.91 Å². The van der Waals surface area contributed by atoms with Crippen LogP contribution >= 0.6 is 15.9 Å². The van der Waals surface area contributed by atoms with Gasteiger partial charge in [0.15, 0.2) is 0 Å². The van der Waals surface area contributed by atoms with Gasteiger partial charge in [0.1, 0.15) is 5.82 Å². The number of carbonyl (C=O) groups excluding carboxylic acids is 1. The Labute approximate surface area is 102 Å². The van der Waals surface area contributed by atoms with Gasteiger partial charge in [0.05, 0.1) is 0 Å². The van der Waals surface area contributed by atoms with E-state index >= 15 is 0 Å². The Morgan fingerprint density at radius 1 is 1.56 bits per heavy atom. The van der Waals surface area contributed by atoms with Crippen LogP contribution in [0.1, 0.15) is 18.9 Å². The molecule has 0 bridgehead atoms. The molecule has 0 aliphatic heterocycles. The zero-order valence-electron chi connectivity index (χ0n) is 8.97. The first-order valence-corrected chi connectivity index (χ1v) is 6.08. The van der Waals surface area contributed by atoms with Gasteiger partial charge in [-0.05, 0) is 36.1 Å². The summed E-state index contributed by atoms with van der Waals surface area (Å²) in [5, 5.41) is 2.82. The molecule has 16 heavy (non-hydrogen) atoms. The predicted octanol–water partition coefficient (Wildman–Crippen LogP) is 2.86. The Morgan fingerprint density at radius 2 is 2.25 bits per heavy atom. The lowest BCUT2D eigenvalue weighted by molar-refractivity contribution is -0.122. The molecule has 2 rings (SSSR count). The fraction of sp³-hybridized carbons (Fsp3) is 0.417. The summed E-state index contributed by atoms with van der Waals surface area (Å²) in [4.78, 5) is 11.5. The number of nitrogens with one attached hydrogen (secondary N) is 1. The second kappa shape index (κ2) is 4.53. The van der Waals surface area contributed by atoms with E-state index in [9.17, 15) is 9.18 Å². The quantitative estimate of drug-likeness (QED) is 0.909. The van der Waals surface area contributed by atoms with Crippen LogP contribution in [0.2, 0.25) is 0 Å². The predicted molar refractivity (Wildman–Crippen MR) is 63.2 cm³/mol. The van der Waals surface area contributed by atoms with Crippen LogP contribution in [0.3, 0.4) is 0 Å². The molecule has 86 valence electrons. The maximum Gasteiger partial charge on any atom is 0.223 e. The summed E-state index contributed by atoms with van der Waals surface area (Å²) < 4.78 is 13.7. The highest BCUT2D eigenvalue weighted by atomic mass is 79.9. The van der Waals surface area contributed by atoms with Crippen LogP contribution in [0.5, 0.6) is 0 Å². The smallest absolute Gasteiger partial charge is 0.223 e. The molecule has 0 heterocycles. The average molecular weight is 286 g/mol. The van der Waals surface area contributed by atoms with Gasteiger partial charge in [-0.25, -0.2) is 4.39 Å². The van der Waals surface area contributed by atoms with Crippen molar-refractivity contribution >= 4 is 21.8 Å². The number of hydrogen-bond donors (Lipinski definition) is 1. The monoisotopic (exact) mass is 285 g/mol. The minimum atomic E-state index is -0.293. The number of halogens is 2. The van der Waals surface area contributed by atoms with E-state index in [-0.39, 0.29) is 17.6 Å². The van der Waals surface area contributed by atoms with Gasteiger partial charge in [0, 0.05) is 16.9 Å². The van der Waals surface area contributed by atoms with Crippen molar-refractivity contribution in [1.29, 1.82) is 0 Å². The summed E-state index contributed by atoms with van der Waals surface area (Å²) >= 11 is 3.22. The second-order valence-electron chi connectivity index (χ2n) is 4.31. The fourth-order valence-electron chi connectivity index (χ4n) is 1.72. The van der Waals surface area contributed by atoms with E-state index in [0.717, 1.165) is 12.0 Å². The van der Waals surface area contributed by atoms with Crippen molar-refractivity contribution in [3.05, 3.63) is 34.1 Å². The Bertz CT molecular complexity index is 401. The van der Waals surface area contributed by atoms with Crippen LogP contribution in [0.4, 0.5) is 4.39 Å². The van der Waals surface area contributed by atoms with Gasteiger partial charge >= 0.3 is 0 Å². The molecule has 1 saturated carbocycles. The third kappa shape index (κ3) is 2.82. The SMILES string of the molecule is CC1CC1C(=O)NCc1cc(F)cc(Br)c1. The van der Waals surface area contributed by atoms with Gasteiger partial charge in [0.25, 0.3) is 0 Å². The van der Waals surface area contributed by atoms with E-state index in [2.05, 4.69) is 28.2 Å². The summed E-state index contributed by atoms with van der Waals surface area (Å²) in [5.74, 6) is 0.447. The fourth-order valence-corrected chi connectivity index (χ4v) is 2.23. The molecule has 0 radical (unpaired) electrons. The van der Waals surface area contributed by atoms with E-state index in [1.807, 2.05) is 0 Å². The van der Waals surface area contributed by atoms with E-state index in [4.69, 9.17) is 0 Å². The maximum atomic E-state index is 13.0. The molecule has 1 N–H and O–H groups in total. The van der Waals surface area contributed by atoms with Crippen molar-refractivity contribution in [3.63, 3.8) is 0 Å². The summed E-state index contributed by atoms with van der Waals surface area (Å²) in [6.45, 7) is 2.45. The van der Waals surface area contributed by atoms with Crippen molar-refractivity contribution in [1.82, 2.24) is 5.32 Å². The molecule has 0 saturated heterocycles. The Morgan fingerprint density at radius 3 is 2.81 bits per heavy atom. The molecule has 1 aliphatic carbocycles. The summed E-state index contributed by atoms with van der Waals surface area (Å²) in [5.41, 5.74) is 0.772. The molecule has 1 fully saturated rings. The molecule has 2 unspecified atom stereocenters. The van der Waals surface area contributed by atoms with Crippen LogP contribution in [0.15, 0.2) is 22.7 Å². The summed E-state index contributed by atoms with van der Waals surface area (Å²) in [6.07, 6.45) is 0.971. The minimum Gasteiger partial charge on any atom is -0.352 e. The maximum absolute atomic E-state index is 13.0. The molecular weight excluding hydrogens is 273 g/mol. The van der Waals surface area contributed by atoms with Crippen LogP contribution < -0.4 is 5.32 Å². The lowest BCUT2D eigenvalue weighted by Gasteiger charge is -2.05. The minimum absolute atomic E-state index is 0.0767. The normalized spacial score (nSPS) is 22.9. The van der Waals surface area contributed by atoms with Crippen LogP contribution in [0, 0.1) is 17.7 Å². The number of hydrogen-bond acceptors (Lipinski definition) is 1. The highest BCUT2D eigenvalue weighted by molar-refractivity contribution is 9.10. The standard InChI is InChI=1S/C12H13BrFNO/c1-7-2-11(7)12(16)15-6-8-3-9(13)5-10(14)4-8/h3-5,7,11H,2,6H2,1H3,(H,15,16). The highest BCUT2D eigenvalue weighted by Gasteiger charge is 2.38. The highest BCUT2D eigenvalue weighted by Crippen LogP contribution is 2.37. The molecular formula is C12H13BrFNO. The molecule has 2 nitrogen and oxygen atoms in total. The van der Waals surface area contributed by atoms with E-state index in [0.29, 0.717) is 16.9 Å². The molecule has 1 aromatic carbocycles. The van der Waals surface area contributed by atoms with Crippen molar-refractivity contribution in [3.8, 4) is 0 Å². The van der Waals surface area contributed by atoms with Crippen LogP contribution in [-0.4, -0.2) is 5.91 Å². The molecule has 0 aromatic heterocycles. The Kier molecular flexibility index (Phi) is 3.28. The third-order valence-electron chi connectivity index (χ3n) is 2.84. The molecule has 0 spiro atoms. The molecule has 1 aromatic rings. The second-order valence-corrected chi connectivity index (χ2v) is 5.23. The third-order valence-corrected chi connectivity index (χ3v) is 3.29. The van der Waals surface area contributed by atoms with Crippen LogP contribution in [-0.2, 0) is 11.3 Å². The van der Waals surface area contributed by atoms with Gasteiger partial charge < -0.3 is 5.32 Å². The number of rotatable bonds is 3.